The standard InChI is InChI=1S/C25H21N7O2S2/c1-17-16-30(12-13-31(17)36(33,34)22-11-5-2-7-18(22)15-26)25-27-20-9-4-3-8-19(20)23-28-29-24(32(23)25)21-10-6-14-35-21/h2-11,14,17H,12-13,16H2,1H3/t17-/m1/s1. The van der Waals surface area contributed by atoms with Crippen LogP contribution < -0.4 is 4.90 Å². The molecule has 0 saturated carbocycles. The quantitative estimate of drug-likeness (QED) is 0.358. The van der Waals surface area contributed by atoms with Gasteiger partial charge in [-0.3, -0.25) is 0 Å². The molecule has 3 aromatic heterocycles. The van der Waals surface area contributed by atoms with Crippen LogP contribution in [0, 0.1) is 11.3 Å². The summed E-state index contributed by atoms with van der Waals surface area (Å²) in [5, 5.41) is 21.3. The first-order valence-electron chi connectivity index (χ1n) is 11.4. The number of anilines is 1. The fourth-order valence-electron chi connectivity index (χ4n) is 4.73. The summed E-state index contributed by atoms with van der Waals surface area (Å²) in [5.74, 6) is 1.39. The zero-order valence-electron chi connectivity index (χ0n) is 19.3. The van der Waals surface area contributed by atoms with Crippen molar-refractivity contribution in [3.05, 3.63) is 71.6 Å². The number of nitrogens with zero attached hydrogens (tertiary/aromatic N) is 7. The van der Waals surface area contributed by atoms with Crippen molar-refractivity contribution in [1.29, 1.82) is 5.26 Å². The number of sulfonamides is 1. The van der Waals surface area contributed by atoms with Crippen molar-refractivity contribution in [2.45, 2.75) is 17.9 Å². The molecule has 6 rings (SSSR count). The number of hydrogen-bond donors (Lipinski definition) is 0. The lowest BCUT2D eigenvalue weighted by molar-refractivity contribution is 0.304. The molecular weight excluding hydrogens is 494 g/mol. The van der Waals surface area contributed by atoms with Crippen LogP contribution in [0.1, 0.15) is 12.5 Å². The van der Waals surface area contributed by atoms with Crippen LogP contribution in [-0.4, -0.2) is 58.0 Å². The van der Waals surface area contributed by atoms with Crippen molar-refractivity contribution < 1.29 is 8.42 Å². The third-order valence-electron chi connectivity index (χ3n) is 6.41. The molecule has 36 heavy (non-hydrogen) atoms. The van der Waals surface area contributed by atoms with Gasteiger partial charge in [-0.2, -0.15) is 9.57 Å². The van der Waals surface area contributed by atoms with Crippen molar-refractivity contribution in [1.82, 2.24) is 23.9 Å². The van der Waals surface area contributed by atoms with Crippen molar-refractivity contribution in [2.75, 3.05) is 24.5 Å². The first-order chi connectivity index (χ1) is 17.5. The molecule has 1 atom stereocenters. The minimum atomic E-state index is -3.84. The number of fused-ring (bicyclic) bond motifs is 3. The Kier molecular flexibility index (Phi) is 5.44. The molecule has 1 aliphatic heterocycles. The summed E-state index contributed by atoms with van der Waals surface area (Å²) in [6.07, 6.45) is 0. The molecule has 1 saturated heterocycles. The van der Waals surface area contributed by atoms with E-state index >= 15 is 0 Å². The SMILES string of the molecule is C[C@@H]1CN(c2nc3ccccc3c3nnc(-c4cccs4)n23)CCN1S(=O)(=O)c1ccccc1C#N. The van der Waals surface area contributed by atoms with Gasteiger partial charge in [0.25, 0.3) is 0 Å². The predicted molar refractivity (Wildman–Crippen MR) is 138 cm³/mol. The normalized spacial score (nSPS) is 17.0. The van der Waals surface area contributed by atoms with E-state index in [0.717, 1.165) is 15.8 Å². The highest BCUT2D eigenvalue weighted by Crippen LogP contribution is 2.32. The summed E-state index contributed by atoms with van der Waals surface area (Å²) in [6.45, 7) is 3.00. The second-order valence-electron chi connectivity index (χ2n) is 8.61. The molecule has 1 aliphatic rings. The number of rotatable bonds is 4. The lowest BCUT2D eigenvalue weighted by atomic mass is 10.2. The highest BCUT2D eigenvalue weighted by molar-refractivity contribution is 7.89. The van der Waals surface area contributed by atoms with Gasteiger partial charge in [0, 0.05) is 31.1 Å². The summed E-state index contributed by atoms with van der Waals surface area (Å²) in [4.78, 5) is 8.08. The van der Waals surface area contributed by atoms with Crippen LogP contribution in [0.4, 0.5) is 5.95 Å². The minimum Gasteiger partial charge on any atom is -0.339 e. The number of para-hydroxylation sites is 1. The Bertz CT molecular complexity index is 1740. The lowest BCUT2D eigenvalue weighted by Crippen LogP contribution is -2.54. The third kappa shape index (κ3) is 3.53. The van der Waals surface area contributed by atoms with Crippen LogP contribution in [0.2, 0.25) is 0 Å². The number of hydrogen-bond acceptors (Lipinski definition) is 8. The Morgan fingerprint density at radius 1 is 1.03 bits per heavy atom. The van der Waals surface area contributed by atoms with E-state index in [2.05, 4.69) is 15.1 Å². The van der Waals surface area contributed by atoms with Crippen LogP contribution in [0.3, 0.4) is 0 Å². The summed E-state index contributed by atoms with van der Waals surface area (Å²) in [7, 11) is -3.84. The molecule has 4 heterocycles. The van der Waals surface area contributed by atoms with Crippen LogP contribution in [0.25, 0.3) is 27.3 Å². The molecule has 0 radical (unpaired) electrons. The molecule has 1 fully saturated rings. The molecule has 0 aliphatic carbocycles. The molecular formula is C25H21N7O2S2. The van der Waals surface area contributed by atoms with Crippen LogP contribution in [0.15, 0.2) is 70.9 Å². The minimum absolute atomic E-state index is 0.0396. The molecule has 0 bridgehead atoms. The van der Waals surface area contributed by atoms with Gasteiger partial charge in [-0.05, 0) is 42.6 Å². The van der Waals surface area contributed by atoms with E-state index in [0.29, 0.717) is 30.5 Å². The van der Waals surface area contributed by atoms with Gasteiger partial charge in [-0.25, -0.2) is 17.8 Å². The molecule has 9 nitrogen and oxygen atoms in total. The van der Waals surface area contributed by atoms with Crippen LogP contribution >= 0.6 is 11.3 Å². The Labute approximate surface area is 211 Å². The number of piperazine rings is 1. The molecule has 2 aromatic carbocycles. The number of thiophene rings is 1. The van der Waals surface area contributed by atoms with Crippen molar-refractivity contribution in [2.24, 2.45) is 0 Å². The molecule has 0 amide bonds. The number of nitriles is 1. The fourth-order valence-corrected chi connectivity index (χ4v) is 7.19. The number of aromatic nitrogens is 4. The molecule has 0 spiro atoms. The zero-order chi connectivity index (χ0) is 24.9. The maximum atomic E-state index is 13.5. The summed E-state index contributed by atoms with van der Waals surface area (Å²) < 4.78 is 30.4. The van der Waals surface area contributed by atoms with E-state index in [1.54, 1.807) is 23.5 Å². The highest BCUT2D eigenvalue weighted by Gasteiger charge is 2.36. The fraction of sp³-hybridized carbons (Fsp3) is 0.200. The Balaban J connectivity index is 1.42. The van der Waals surface area contributed by atoms with E-state index in [-0.39, 0.29) is 23.0 Å². The van der Waals surface area contributed by atoms with Gasteiger partial charge in [-0.15, -0.1) is 21.5 Å². The van der Waals surface area contributed by atoms with E-state index in [1.807, 2.05) is 59.2 Å². The first kappa shape index (κ1) is 22.6. The van der Waals surface area contributed by atoms with Crippen molar-refractivity contribution in [3.8, 4) is 16.8 Å². The summed E-state index contributed by atoms with van der Waals surface area (Å²) >= 11 is 1.58. The highest BCUT2D eigenvalue weighted by atomic mass is 32.2. The Hall–Kier alpha value is -3.85. The summed E-state index contributed by atoms with van der Waals surface area (Å²) in [6, 6.07) is 19.8. The van der Waals surface area contributed by atoms with Gasteiger partial charge < -0.3 is 4.90 Å². The average Bonchev–Trinajstić information content (AvgIpc) is 3.58. The summed E-state index contributed by atoms with van der Waals surface area (Å²) in [5.41, 5.74) is 1.66. The average molecular weight is 516 g/mol. The van der Waals surface area contributed by atoms with Gasteiger partial charge in [0.15, 0.2) is 11.5 Å². The molecule has 0 N–H and O–H groups in total. The first-order valence-corrected chi connectivity index (χ1v) is 13.7. The van der Waals surface area contributed by atoms with Gasteiger partial charge in [-0.1, -0.05) is 30.3 Å². The van der Waals surface area contributed by atoms with E-state index in [9.17, 15) is 13.7 Å². The van der Waals surface area contributed by atoms with Crippen LogP contribution in [-0.2, 0) is 10.0 Å². The Morgan fingerprint density at radius 3 is 2.61 bits per heavy atom. The maximum absolute atomic E-state index is 13.5. The van der Waals surface area contributed by atoms with E-state index < -0.39 is 10.0 Å². The smallest absolute Gasteiger partial charge is 0.244 e. The zero-order valence-corrected chi connectivity index (χ0v) is 20.9. The van der Waals surface area contributed by atoms with E-state index in [1.165, 1.54) is 16.4 Å². The lowest BCUT2D eigenvalue weighted by Gasteiger charge is -2.39. The van der Waals surface area contributed by atoms with Crippen molar-refractivity contribution in [3.63, 3.8) is 0 Å². The Morgan fingerprint density at radius 2 is 1.83 bits per heavy atom. The molecule has 11 heteroatoms. The largest absolute Gasteiger partial charge is 0.339 e. The number of benzene rings is 2. The third-order valence-corrected chi connectivity index (χ3v) is 9.35. The second kappa shape index (κ2) is 8.67. The van der Waals surface area contributed by atoms with Crippen LogP contribution in [0.5, 0.6) is 0 Å². The molecule has 0 unspecified atom stereocenters. The second-order valence-corrected chi connectivity index (χ2v) is 11.4. The molecule has 5 aromatic rings. The van der Waals surface area contributed by atoms with Gasteiger partial charge in [0.1, 0.15) is 6.07 Å². The van der Waals surface area contributed by atoms with Gasteiger partial charge >= 0.3 is 0 Å². The van der Waals surface area contributed by atoms with Gasteiger partial charge in [0.2, 0.25) is 16.0 Å². The maximum Gasteiger partial charge on any atom is 0.244 e. The van der Waals surface area contributed by atoms with E-state index in [4.69, 9.17) is 4.98 Å². The predicted octanol–water partition coefficient (Wildman–Crippen LogP) is 3.78. The molecule has 180 valence electrons. The van der Waals surface area contributed by atoms with Gasteiger partial charge in [0.05, 0.1) is 20.9 Å². The monoisotopic (exact) mass is 515 g/mol. The van der Waals surface area contributed by atoms with Crippen molar-refractivity contribution >= 4 is 43.9 Å². The topological polar surface area (TPSA) is 107 Å².